The van der Waals surface area contributed by atoms with Crippen LogP contribution in [0.25, 0.3) is 0 Å². The molecule has 3 N–H and O–H groups in total. The van der Waals surface area contributed by atoms with Crippen LogP contribution in [-0.4, -0.2) is 50.8 Å². The maximum Gasteiger partial charge on any atom is 0.313 e. The minimum Gasteiger partial charge on any atom is -0.396 e. The van der Waals surface area contributed by atoms with Crippen LogP contribution in [0, 0.1) is 0 Å². The number of sulfonamides is 1. The van der Waals surface area contributed by atoms with Crippen molar-refractivity contribution in [3.05, 3.63) is 23.2 Å². The van der Waals surface area contributed by atoms with Crippen LogP contribution in [0.4, 0.5) is 11.4 Å². The summed E-state index contributed by atoms with van der Waals surface area (Å²) in [4.78, 5) is 23.4. The maximum absolute atomic E-state index is 12.0. The second kappa shape index (κ2) is 7.82. The van der Waals surface area contributed by atoms with Crippen LogP contribution in [0.3, 0.4) is 0 Å². The average molecular weight is 376 g/mol. The maximum atomic E-state index is 12.0. The van der Waals surface area contributed by atoms with E-state index in [1.165, 1.54) is 22.5 Å². The summed E-state index contributed by atoms with van der Waals surface area (Å²) in [7, 11) is -3.41. The zero-order valence-electron chi connectivity index (χ0n) is 12.8. The summed E-state index contributed by atoms with van der Waals surface area (Å²) in [6.45, 7) is 0.411. The van der Waals surface area contributed by atoms with E-state index in [-0.39, 0.29) is 35.3 Å². The van der Waals surface area contributed by atoms with Gasteiger partial charge in [-0.15, -0.1) is 0 Å². The highest BCUT2D eigenvalue weighted by Gasteiger charge is 2.30. The molecule has 0 spiro atoms. The van der Waals surface area contributed by atoms with Crippen molar-refractivity contribution in [1.82, 2.24) is 5.32 Å². The minimum absolute atomic E-state index is 0.0488. The molecule has 2 rings (SSSR count). The predicted octanol–water partition coefficient (Wildman–Crippen LogP) is 0.317. The Morgan fingerprint density at radius 3 is 2.67 bits per heavy atom. The van der Waals surface area contributed by atoms with Crippen molar-refractivity contribution < 1.29 is 23.1 Å². The average Bonchev–Trinajstić information content (AvgIpc) is 2.88. The number of aliphatic hydroxyl groups is 1. The largest absolute Gasteiger partial charge is 0.396 e. The Labute approximate surface area is 144 Å². The van der Waals surface area contributed by atoms with Gasteiger partial charge in [0.05, 0.1) is 16.5 Å². The second-order valence-corrected chi connectivity index (χ2v) is 7.62. The molecule has 0 aliphatic carbocycles. The van der Waals surface area contributed by atoms with E-state index in [0.29, 0.717) is 19.4 Å². The molecule has 10 heteroatoms. The molecule has 0 aromatic heterocycles. The van der Waals surface area contributed by atoms with Gasteiger partial charge in [0.15, 0.2) is 0 Å². The van der Waals surface area contributed by atoms with Crippen molar-refractivity contribution in [2.24, 2.45) is 0 Å². The lowest BCUT2D eigenvalue weighted by Crippen LogP contribution is -2.36. The molecule has 2 amide bonds. The fourth-order valence-corrected chi connectivity index (χ4v) is 4.08. The molecule has 1 aliphatic heterocycles. The number of nitrogens with zero attached hydrogens (tertiary/aromatic N) is 1. The Kier molecular flexibility index (Phi) is 6.03. The number of hydrogen-bond donors (Lipinski definition) is 3. The number of hydrogen-bond acceptors (Lipinski definition) is 5. The highest BCUT2D eigenvalue weighted by Crippen LogP contribution is 2.33. The van der Waals surface area contributed by atoms with Gasteiger partial charge in [0, 0.05) is 25.4 Å². The van der Waals surface area contributed by atoms with E-state index >= 15 is 0 Å². The molecule has 0 unspecified atom stereocenters. The zero-order valence-corrected chi connectivity index (χ0v) is 14.4. The van der Waals surface area contributed by atoms with Crippen LogP contribution in [0.5, 0.6) is 0 Å². The van der Waals surface area contributed by atoms with E-state index in [1.807, 2.05) is 0 Å². The Hall–Kier alpha value is -1.84. The van der Waals surface area contributed by atoms with Crippen LogP contribution >= 0.6 is 11.6 Å². The fraction of sp³-hybridized carbons (Fsp3) is 0.429. The summed E-state index contributed by atoms with van der Waals surface area (Å²) in [6.07, 6.45) is 0.847. The number of carbonyl (C=O) groups excluding carboxylic acids is 2. The first-order valence-corrected chi connectivity index (χ1v) is 9.34. The molecule has 1 fully saturated rings. The van der Waals surface area contributed by atoms with Gasteiger partial charge in [0.25, 0.3) is 0 Å². The molecule has 1 saturated heterocycles. The van der Waals surface area contributed by atoms with Crippen molar-refractivity contribution in [2.45, 2.75) is 12.8 Å². The third-order valence-electron chi connectivity index (χ3n) is 3.40. The number of anilines is 2. The quantitative estimate of drug-likeness (QED) is 0.506. The van der Waals surface area contributed by atoms with Crippen molar-refractivity contribution in [3.63, 3.8) is 0 Å². The second-order valence-electron chi connectivity index (χ2n) is 5.20. The Balaban J connectivity index is 2.11. The van der Waals surface area contributed by atoms with E-state index in [0.717, 1.165) is 0 Å². The molecule has 0 saturated carbocycles. The van der Waals surface area contributed by atoms with Crippen LogP contribution < -0.4 is 14.9 Å². The van der Waals surface area contributed by atoms with Gasteiger partial charge >= 0.3 is 11.8 Å². The van der Waals surface area contributed by atoms with Crippen molar-refractivity contribution in [2.75, 3.05) is 35.1 Å². The summed E-state index contributed by atoms with van der Waals surface area (Å²) < 4.78 is 25.2. The van der Waals surface area contributed by atoms with Gasteiger partial charge in [0.1, 0.15) is 0 Å². The van der Waals surface area contributed by atoms with Gasteiger partial charge in [0.2, 0.25) is 10.0 Å². The number of rotatable bonds is 5. The van der Waals surface area contributed by atoms with Crippen molar-refractivity contribution in [1.29, 1.82) is 0 Å². The molecular formula is C14H18ClN3O5S. The Bertz CT molecular complexity index is 738. The lowest BCUT2D eigenvalue weighted by Gasteiger charge is -2.19. The van der Waals surface area contributed by atoms with E-state index in [2.05, 4.69) is 10.6 Å². The number of nitrogens with one attached hydrogen (secondary N) is 2. The summed E-state index contributed by atoms with van der Waals surface area (Å²) in [5, 5.41) is 13.6. The van der Waals surface area contributed by atoms with E-state index in [4.69, 9.17) is 16.7 Å². The highest BCUT2D eigenvalue weighted by atomic mass is 35.5. The van der Waals surface area contributed by atoms with Crippen LogP contribution in [-0.2, 0) is 19.6 Å². The number of carbonyl (C=O) groups is 2. The molecule has 1 heterocycles. The van der Waals surface area contributed by atoms with Gasteiger partial charge in [-0.3, -0.25) is 13.9 Å². The summed E-state index contributed by atoms with van der Waals surface area (Å²) in [6, 6.07) is 4.36. The SMILES string of the molecule is O=C(NCCCO)C(=O)Nc1ccc(Cl)c(N2CCCS2(=O)=O)c1. The first kappa shape index (κ1) is 18.5. The Morgan fingerprint density at radius 2 is 2.04 bits per heavy atom. The topological polar surface area (TPSA) is 116 Å². The van der Waals surface area contributed by atoms with Gasteiger partial charge in [-0.25, -0.2) is 8.42 Å². The predicted molar refractivity (Wildman–Crippen MR) is 90.5 cm³/mol. The van der Waals surface area contributed by atoms with Crippen LogP contribution in [0.1, 0.15) is 12.8 Å². The molecule has 24 heavy (non-hydrogen) atoms. The molecule has 1 aliphatic rings. The van der Waals surface area contributed by atoms with Crippen molar-refractivity contribution >= 4 is 44.8 Å². The first-order chi connectivity index (χ1) is 11.3. The third kappa shape index (κ3) is 4.37. The van der Waals surface area contributed by atoms with E-state index < -0.39 is 21.8 Å². The number of halogens is 1. The fourth-order valence-electron chi connectivity index (χ4n) is 2.24. The van der Waals surface area contributed by atoms with E-state index in [1.54, 1.807) is 0 Å². The van der Waals surface area contributed by atoms with Gasteiger partial charge in [-0.05, 0) is 31.0 Å². The molecule has 0 bridgehead atoms. The van der Waals surface area contributed by atoms with Gasteiger partial charge in [-0.2, -0.15) is 0 Å². The Morgan fingerprint density at radius 1 is 1.29 bits per heavy atom. The standard InChI is InChI=1S/C14H18ClN3O5S/c15-11-4-3-10(17-14(21)13(20)16-5-1-7-19)9-12(11)18-6-2-8-24(18,22)23/h3-4,9,19H,1-2,5-8H2,(H,16,20)(H,17,21). The smallest absolute Gasteiger partial charge is 0.313 e. The van der Waals surface area contributed by atoms with Crippen LogP contribution in [0.2, 0.25) is 5.02 Å². The molecule has 0 atom stereocenters. The highest BCUT2D eigenvalue weighted by molar-refractivity contribution is 7.93. The summed E-state index contributed by atoms with van der Waals surface area (Å²) in [5.74, 6) is -1.67. The molecule has 0 radical (unpaired) electrons. The monoisotopic (exact) mass is 375 g/mol. The number of benzene rings is 1. The first-order valence-electron chi connectivity index (χ1n) is 7.35. The molecule has 1 aromatic carbocycles. The lowest BCUT2D eigenvalue weighted by atomic mass is 10.2. The lowest BCUT2D eigenvalue weighted by molar-refractivity contribution is -0.136. The van der Waals surface area contributed by atoms with Gasteiger partial charge in [-0.1, -0.05) is 11.6 Å². The number of aliphatic hydroxyl groups excluding tert-OH is 1. The molecule has 1 aromatic rings. The summed E-state index contributed by atoms with van der Waals surface area (Å²) >= 11 is 6.07. The molecule has 132 valence electrons. The normalized spacial score (nSPS) is 16.0. The molecular weight excluding hydrogens is 358 g/mol. The minimum atomic E-state index is -3.41. The van der Waals surface area contributed by atoms with Gasteiger partial charge < -0.3 is 15.7 Å². The molecule has 8 nitrogen and oxygen atoms in total. The number of amides is 2. The van der Waals surface area contributed by atoms with Crippen molar-refractivity contribution in [3.8, 4) is 0 Å². The summed E-state index contributed by atoms with van der Waals surface area (Å²) in [5.41, 5.74) is 0.534. The van der Waals surface area contributed by atoms with E-state index in [9.17, 15) is 18.0 Å². The zero-order chi connectivity index (χ0) is 17.7. The van der Waals surface area contributed by atoms with Crippen LogP contribution in [0.15, 0.2) is 18.2 Å². The third-order valence-corrected chi connectivity index (χ3v) is 5.57.